The molecule has 0 unspecified atom stereocenters. The first-order valence-corrected chi connectivity index (χ1v) is 12.8. The number of nitrogens with zero attached hydrogens (tertiary/aromatic N) is 2. The lowest BCUT2D eigenvalue weighted by atomic mass is 10.0. The highest BCUT2D eigenvalue weighted by molar-refractivity contribution is 7.80. The molecule has 3 aromatic rings. The summed E-state index contributed by atoms with van der Waals surface area (Å²) in [6.07, 6.45) is 3.30. The smallest absolute Gasteiger partial charge is 0.253 e. The molecular weight excluding hydrogens is 440 g/mol. The minimum Gasteiger partial charge on any atom is -0.362 e. The van der Waals surface area contributed by atoms with Gasteiger partial charge in [-0.3, -0.25) is 9.69 Å². The molecule has 180 valence electrons. The fourth-order valence-corrected chi connectivity index (χ4v) is 5.20. The van der Waals surface area contributed by atoms with Gasteiger partial charge in [0, 0.05) is 24.7 Å². The molecule has 0 saturated carbocycles. The third kappa shape index (κ3) is 5.68. The number of benzene rings is 2. The Labute approximate surface area is 208 Å². The number of hydrogen-bond acceptors (Lipinski definition) is 3. The molecule has 1 fully saturated rings. The van der Waals surface area contributed by atoms with E-state index in [0.717, 1.165) is 59.7 Å². The standard InChI is InChI=1S/C28H36N4OS/c1-4-31-16-8-11-25(31)19-32(28(34)29-15-14-22-9-6-5-7-10-22)18-24-17-23-13-12-20(2)21(3)26(23)30-27(24)33/h5-7,9-10,12-13,17,25H,4,8,11,14-16,18-19H2,1-3H3,(H,29,34)(H,30,33)/t25-/m0/s1. The van der Waals surface area contributed by atoms with E-state index in [-0.39, 0.29) is 5.56 Å². The summed E-state index contributed by atoms with van der Waals surface area (Å²) in [7, 11) is 0. The van der Waals surface area contributed by atoms with Gasteiger partial charge in [0.25, 0.3) is 5.56 Å². The third-order valence-corrected chi connectivity index (χ3v) is 7.55. The van der Waals surface area contributed by atoms with Gasteiger partial charge in [0.1, 0.15) is 0 Å². The summed E-state index contributed by atoms with van der Waals surface area (Å²) in [5, 5.41) is 5.25. The Morgan fingerprint density at radius 2 is 2.00 bits per heavy atom. The molecule has 1 aliphatic rings. The molecule has 2 N–H and O–H groups in total. The van der Waals surface area contributed by atoms with Crippen molar-refractivity contribution in [3.05, 3.63) is 81.1 Å². The van der Waals surface area contributed by atoms with E-state index in [0.29, 0.717) is 12.6 Å². The molecule has 0 amide bonds. The topological polar surface area (TPSA) is 51.4 Å². The maximum absolute atomic E-state index is 13.1. The van der Waals surface area contributed by atoms with Gasteiger partial charge in [-0.25, -0.2) is 0 Å². The predicted molar refractivity (Wildman–Crippen MR) is 145 cm³/mol. The van der Waals surface area contributed by atoms with E-state index >= 15 is 0 Å². The molecule has 1 aliphatic heterocycles. The average molecular weight is 477 g/mol. The summed E-state index contributed by atoms with van der Waals surface area (Å²) in [6, 6.07) is 17.1. The van der Waals surface area contributed by atoms with Crippen LogP contribution >= 0.6 is 12.2 Å². The van der Waals surface area contributed by atoms with Crippen molar-refractivity contribution in [2.45, 2.75) is 52.6 Å². The van der Waals surface area contributed by atoms with Crippen molar-refractivity contribution in [3.63, 3.8) is 0 Å². The van der Waals surface area contributed by atoms with Crippen LogP contribution in [0.5, 0.6) is 0 Å². The van der Waals surface area contributed by atoms with Crippen LogP contribution in [0.2, 0.25) is 0 Å². The number of aryl methyl sites for hydroxylation is 2. The summed E-state index contributed by atoms with van der Waals surface area (Å²) < 4.78 is 0. The van der Waals surface area contributed by atoms with Crippen molar-refractivity contribution in [2.24, 2.45) is 0 Å². The van der Waals surface area contributed by atoms with E-state index in [4.69, 9.17) is 12.2 Å². The molecule has 2 heterocycles. The molecule has 0 spiro atoms. The lowest BCUT2D eigenvalue weighted by Crippen LogP contribution is -2.47. The van der Waals surface area contributed by atoms with Crippen LogP contribution < -0.4 is 10.9 Å². The zero-order valence-electron chi connectivity index (χ0n) is 20.6. The molecule has 2 aromatic carbocycles. The van der Waals surface area contributed by atoms with Crippen LogP contribution in [0.4, 0.5) is 0 Å². The number of likely N-dealkylation sites (tertiary alicyclic amines) is 1. The van der Waals surface area contributed by atoms with Crippen LogP contribution in [0.25, 0.3) is 10.9 Å². The lowest BCUT2D eigenvalue weighted by Gasteiger charge is -2.32. The summed E-state index contributed by atoms with van der Waals surface area (Å²) >= 11 is 5.86. The van der Waals surface area contributed by atoms with Crippen molar-refractivity contribution in [1.29, 1.82) is 0 Å². The van der Waals surface area contributed by atoms with Crippen LogP contribution in [-0.4, -0.2) is 52.1 Å². The maximum atomic E-state index is 13.1. The number of H-pyrrole nitrogens is 1. The molecule has 0 radical (unpaired) electrons. The highest BCUT2D eigenvalue weighted by atomic mass is 32.1. The minimum absolute atomic E-state index is 0.0305. The van der Waals surface area contributed by atoms with Crippen molar-refractivity contribution in [2.75, 3.05) is 26.2 Å². The third-order valence-electron chi connectivity index (χ3n) is 7.15. The Morgan fingerprint density at radius 1 is 1.21 bits per heavy atom. The molecule has 1 aromatic heterocycles. The van der Waals surface area contributed by atoms with Crippen molar-refractivity contribution < 1.29 is 0 Å². The zero-order chi connectivity index (χ0) is 24.1. The van der Waals surface area contributed by atoms with Gasteiger partial charge < -0.3 is 15.2 Å². The first-order chi connectivity index (χ1) is 16.5. The SMILES string of the molecule is CCN1CCC[C@H]1CN(Cc1cc2ccc(C)c(C)c2[nH]c1=O)C(=S)NCCc1ccccc1. The molecule has 5 nitrogen and oxygen atoms in total. The number of thiocarbonyl (C=S) groups is 1. The quantitative estimate of drug-likeness (QED) is 0.467. The van der Waals surface area contributed by atoms with Crippen molar-refractivity contribution in [3.8, 4) is 0 Å². The van der Waals surface area contributed by atoms with Crippen molar-refractivity contribution in [1.82, 2.24) is 20.1 Å². The average Bonchev–Trinajstić information content (AvgIpc) is 3.30. The maximum Gasteiger partial charge on any atom is 0.253 e. The summed E-state index contributed by atoms with van der Waals surface area (Å²) in [4.78, 5) is 20.9. The van der Waals surface area contributed by atoms with Gasteiger partial charge in [0.15, 0.2) is 5.11 Å². The number of pyridine rings is 1. The Bertz CT molecular complexity index is 1190. The molecule has 0 aliphatic carbocycles. The molecular formula is C28H36N4OS. The zero-order valence-corrected chi connectivity index (χ0v) is 21.4. The van der Waals surface area contributed by atoms with E-state index in [1.165, 1.54) is 24.0 Å². The Hall–Kier alpha value is -2.70. The second kappa shape index (κ2) is 11.2. The van der Waals surface area contributed by atoms with Gasteiger partial charge in [-0.15, -0.1) is 0 Å². The molecule has 6 heteroatoms. The van der Waals surface area contributed by atoms with Crippen LogP contribution in [-0.2, 0) is 13.0 Å². The normalized spacial score (nSPS) is 16.1. The molecule has 0 bridgehead atoms. The summed E-state index contributed by atoms with van der Waals surface area (Å²) in [6.45, 7) is 10.6. The summed E-state index contributed by atoms with van der Waals surface area (Å²) in [5.41, 5.74) is 5.25. The van der Waals surface area contributed by atoms with Crippen molar-refractivity contribution >= 4 is 28.2 Å². The first kappa shape index (κ1) is 24.4. The second-order valence-corrected chi connectivity index (χ2v) is 9.75. The predicted octanol–water partition coefficient (Wildman–Crippen LogP) is 4.55. The van der Waals surface area contributed by atoms with Gasteiger partial charge in [-0.05, 0) is 86.6 Å². The highest BCUT2D eigenvalue weighted by Crippen LogP contribution is 2.21. The molecule has 1 atom stereocenters. The van der Waals surface area contributed by atoms with E-state index in [1.54, 1.807) is 0 Å². The van der Waals surface area contributed by atoms with E-state index in [9.17, 15) is 4.79 Å². The Kier molecular flexibility index (Phi) is 8.01. The van der Waals surface area contributed by atoms with E-state index in [1.807, 2.05) is 12.1 Å². The van der Waals surface area contributed by atoms with Crippen LogP contribution in [0, 0.1) is 13.8 Å². The number of aromatic nitrogens is 1. The first-order valence-electron chi connectivity index (χ1n) is 12.4. The number of hydrogen-bond donors (Lipinski definition) is 2. The van der Waals surface area contributed by atoms with Crippen LogP contribution in [0.1, 0.15) is 42.0 Å². The van der Waals surface area contributed by atoms with Gasteiger partial charge in [0.05, 0.1) is 12.1 Å². The molecule has 34 heavy (non-hydrogen) atoms. The number of fused-ring (bicyclic) bond motifs is 1. The number of nitrogens with one attached hydrogen (secondary N) is 2. The second-order valence-electron chi connectivity index (χ2n) is 9.37. The number of likely N-dealkylation sites (N-methyl/N-ethyl adjacent to an activating group) is 1. The largest absolute Gasteiger partial charge is 0.362 e. The number of rotatable bonds is 8. The Balaban J connectivity index is 1.53. The van der Waals surface area contributed by atoms with Gasteiger partial charge in [-0.2, -0.15) is 0 Å². The fourth-order valence-electron chi connectivity index (χ4n) is 4.96. The van der Waals surface area contributed by atoms with E-state index < -0.39 is 0 Å². The van der Waals surface area contributed by atoms with Crippen LogP contribution in [0.3, 0.4) is 0 Å². The fraction of sp³-hybridized carbons (Fsp3) is 0.429. The molecule has 1 saturated heterocycles. The highest BCUT2D eigenvalue weighted by Gasteiger charge is 2.26. The van der Waals surface area contributed by atoms with E-state index in [2.05, 4.69) is 77.3 Å². The monoisotopic (exact) mass is 476 g/mol. The van der Waals surface area contributed by atoms with Gasteiger partial charge in [-0.1, -0.05) is 49.4 Å². The lowest BCUT2D eigenvalue weighted by molar-refractivity contribution is 0.219. The Morgan fingerprint density at radius 3 is 2.76 bits per heavy atom. The minimum atomic E-state index is -0.0305. The van der Waals surface area contributed by atoms with Crippen LogP contribution in [0.15, 0.2) is 53.3 Å². The molecule has 4 rings (SSSR count). The van der Waals surface area contributed by atoms with Gasteiger partial charge in [0.2, 0.25) is 0 Å². The number of aromatic amines is 1. The summed E-state index contributed by atoms with van der Waals surface area (Å²) in [5.74, 6) is 0. The van der Waals surface area contributed by atoms with Gasteiger partial charge >= 0.3 is 0 Å².